The van der Waals surface area contributed by atoms with Gasteiger partial charge in [0.1, 0.15) is 0 Å². The number of thiazole rings is 1. The Balaban J connectivity index is 1.52. The fourth-order valence-corrected chi connectivity index (χ4v) is 4.45. The Kier molecular flexibility index (Phi) is 3.67. The van der Waals surface area contributed by atoms with E-state index in [1.54, 1.807) is 0 Å². The van der Waals surface area contributed by atoms with Crippen LogP contribution in [-0.4, -0.2) is 48.6 Å². The fraction of sp³-hybridized carbons (Fsp3) is 0.812. The molecule has 1 unspecified atom stereocenters. The molecule has 1 aromatic heterocycles. The second-order valence-electron chi connectivity index (χ2n) is 7.04. The zero-order chi connectivity index (χ0) is 14.4. The summed E-state index contributed by atoms with van der Waals surface area (Å²) in [6, 6.07) is 1.36. The van der Waals surface area contributed by atoms with E-state index in [0.29, 0.717) is 6.04 Å². The average Bonchev–Trinajstić information content (AvgIpc) is 3.36. The standard InChI is InChI=1S/C16H26N4S/c1-11-10-19(2)7-8-20(11)16-18-15(12-3-4-12)14(21-16)9-17-13-5-6-13/h11-13,17H,3-10H2,1-2H3. The van der Waals surface area contributed by atoms with Gasteiger partial charge in [-0.2, -0.15) is 0 Å². The van der Waals surface area contributed by atoms with Crippen molar-refractivity contribution in [1.29, 1.82) is 0 Å². The summed E-state index contributed by atoms with van der Waals surface area (Å²) in [5.41, 5.74) is 1.41. The van der Waals surface area contributed by atoms with Crippen LogP contribution in [0.1, 0.15) is 49.1 Å². The van der Waals surface area contributed by atoms with Crippen molar-refractivity contribution in [3.8, 4) is 0 Å². The molecule has 0 amide bonds. The van der Waals surface area contributed by atoms with Gasteiger partial charge in [0, 0.05) is 49.1 Å². The van der Waals surface area contributed by atoms with Crippen molar-refractivity contribution in [2.24, 2.45) is 0 Å². The molecule has 1 atom stereocenters. The normalized spacial score (nSPS) is 27.3. The van der Waals surface area contributed by atoms with Crippen LogP contribution >= 0.6 is 11.3 Å². The zero-order valence-electron chi connectivity index (χ0n) is 13.1. The number of likely N-dealkylation sites (N-methyl/N-ethyl adjacent to an activating group) is 1. The maximum absolute atomic E-state index is 5.06. The summed E-state index contributed by atoms with van der Waals surface area (Å²) < 4.78 is 0. The molecule has 116 valence electrons. The summed E-state index contributed by atoms with van der Waals surface area (Å²) in [6.07, 6.45) is 5.41. The van der Waals surface area contributed by atoms with Gasteiger partial charge in [-0.05, 0) is 39.7 Å². The van der Waals surface area contributed by atoms with Crippen LogP contribution < -0.4 is 10.2 Å². The van der Waals surface area contributed by atoms with E-state index in [0.717, 1.165) is 38.1 Å². The summed E-state index contributed by atoms with van der Waals surface area (Å²) in [4.78, 5) is 11.5. The van der Waals surface area contributed by atoms with Crippen LogP contribution in [0.2, 0.25) is 0 Å². The number of rotatable bonds is 5. The summed E-state index contributed by atoms with van der Waals surface area (Å²) in [6.45, 7) is 6.78. The van der Waals surface area contributed by atoms with Crippen LogP contribution in [0.4, 0.5) is 5.13 Å². The third kappa shape index (κ3) is 3.10. The maximum atomic E-state index is 5.06. The quantitative estimate of drug-likeness (QED) is 0.905. The molecule has 0 aromatic carbocycles. The van der Waals surface area contributed by atoms with Crippen LogP contribution in [0.3, 0.4) is 0 Å². The van der Waals surface area contributed by atoms with Crippen molar-refractivity contribution in [3.63, 3.8) is 0 Å². The molecule has 0 spiro atoms. The van der Waals surface area contributed by atoms with Crippen LogP contribution in [0.15, 0.2) is 0 Å². The van der Waals surface area contributed by atoms with Gasteiger partial charge in [0.05, 0.1) is 5.69 Å². The lowest BCUT2D eigenvalue weighted by Gasteiger charge is -2.38. The van der Waals surface area contributed by atoms with Crippen molar-refractivity contribution in [1.82, 2.24) is 15.2 Å². The first-order valence-electron chi connectivity index (χ1n) is 8.39. The molecule has 2 aliphatic carbocycles. The number of nitrogens with one attached hydrogen (secondary N) is 1. The average molecular weight is 306 g/mol. The van der Waals surface area contributed by atoms with Gasteiger partial charge in [-0.25, -0.2) is 4.98 Å². The molecule has 2 heterocycles. The monoisotopic (exact) mass is 306 g/mol. The number of aromatic nitrogens is 1. The SMILES string of the molecule is CC1CN(C)CCN1c1nc(C2CC2)c(CNC2CC2)s1. The molecule has 0 bridgehead atoms. The summed E-state index contributed by atoms with van der Waals surface area (Å²) in [7, 11) is 2.22. The van der Waals surface area contributed by atoms with Gasteiger partial charge in [0.2, 0.25) is 0 Å². The van der Waals surface area contributed by atoms with Gasteiger partial charge in [-0.3, -0.25) is 0 Å². The Bertz CT molecular complexity index is 506. The van der Waals surface area contributed by atoms with E-state index in [4.69, 9.17) is 4.98 Å². The second-order valence-corrected chi connectivity index (χ2v) is 8.10. The number of hydrogen-bond acceptors (Lipinski definition) is 5. The lowest BCUT2D eigenvalue weighted by molar-refractivity contribution is 0.275. The van der Waals surface area contributed by atoms with Crippen LogP contribution in [0, 0.1) is 0 Å². The molecule has 4 nitrogen and oxygen atoms in total. The van der Waals surface area contributed by atoms with Gasteiger partial charge in [-0.1, -0.05) is 0 Å². The molecular weight excluding hydrogens is 280 g/mol. The first-order chi connectivity index (χ1) is 10.2. The van der Waals surface area contributed by atoms with E-state index in [1.165, 1.54) is 41.4 Å². The minimum absolute atomic E-state index is 0.575. The Morgan fingerprint density at radius 1 is 1.24 bits per heavy atom. The van der Waals surface area contributed by atoms with Crippen molar-refractivity contribution in [3.05, 3.63) is 10.6 Å². The minimum atomic E-state index is 0.575. The van der Waals surface area contributed by atoms with Gasteiger partial charge in [0.15, 0.2) is 5.13 Å². The first-order valence-corrected chi connectivity index (χ1v) is 9.20. The predicted octanol–water partition coefficient (Wildman–Crippen LogP) is 2.41. The highest BCUT2D eigenvalue weighted by Crippen LogP contribution is 2.44. The van der Waals surface area contributed by atoms with E-state index in [9.17, 15) is 0 Å². The molecule has 1 aromatic rings. The lowest BCUT2D eigenvalue weighted by atomic mass is 10.2. The van der Waals surface area contributed by atoms with Crippen molar-refractivity contribution in [2.75, 3.05) is 31.6 Å². The largest absolute Gasteiger partial charge is 0.343 e. The van der Waals surface area contributed by atoms with E-state index < -0.39 is 0 Å². The molecule has 1 N–H and O–H groups in total. The Hall–Kier alpha value is -0.650. The zero-order valence-corrected chi connectivity index (χ0v) is 14.0. The van der Waals surface area contributed by atoms with Crippen molar-refractivity contribution >= 4 is 16.5 Å². The Labute approximate surface area is 131 Å². The van der Waals surface area contributed by atoms with Crippen molar-refractivity contribution < 1.29 is 0 Å². The van der Waals surface area contributed by atoms with Crippen molar-refractivity contribution in [2.45, 2.75) is 57.2 Å². The minimum Gasteiger partial charge on any atom is -0.343 e. The van der Waals surface area contributed by atoms with Crippen LogP contribution in [-0.2, 0) is 6.54 Å². The van der Waals surface area contributed by atoms with Gasteiger partial charge in [-0.15, -0.1) is 11.3 Å². The molecule has 3 fully saturated rings. The summed E-state index contributed by atoms with van der Waals surface area (Å²) in [5, 5.41) is 4.94. The number of nitrogens with zero attached hydrogens (tertiary/aromatic N) is 3. The van der Waals surface area contributed by atoms with E-state index in [2.05, 4.69) is 29.1 Å². The van der Waals surface area contributed by atoms with E-state index in [1.807, 2.05) is 11.3 Å². The Morgan fingerprint density at radius 2 is 2.05 bits per heavy atom. The maximum Gasteiger partial charge on any atom is 0.186 e. The fourth-order valence-electron chi connectivity index (χ4n) is 3.22. The lowest BCUT2D eigenvalue weighted by Crippen LogP contribution is -2.50. The molecule has 0 radical (unpaired) electrons. The number of hydrogen-bond donors (Lipinski definition) is 1. The summed E-state index contributed by atoms with van der Waals surface area (Å²) in [5.74, 6) is 0.758. The topological polar surface area (TPSA) is 31.4 Å². The Morgan fingerprint density at radius 3 is 2.71 bits per heavy atom. The third-order valence-corrected chi connectivity index (χ3v) is 5.99. The smallest absolute Gasteiger partial charge is 0.186 e. The van der Waals surface area contributed by atoms with E-state index in [-0.39, 0.29) is 0 Å². The molecule has 5 heteroatoms. The van der Waals surface area contributed by atoms with Crippen LogP contribution in [0.5, 0.6) is 0 Å². The number of anilines is 1. The molecule has 21 heavy (non-hydrogen) atoms. The second kappa shape index (κ2) is 5.52. The first kappa shape index (κ1) is 14.0. The molecule has 1 aliphatic heterocycles. The van der Waals surface area contributed by atoms with Gasteiger partial charge >= 0.3 is 0 Å². The molecule has 1 saturated heterocycles. The number of piperazine rings is 1. The molecule has 2 saturated carbocycles. The van der Waals surface area contributed by atoms with Crippen LogP contribution in [0.25, 0.3) is 0 Å². The predicted molar refractivity (Wildman–Crippen MR) is 88.3 cm³/mol. The molecule has 3 aliphatic rings. The molecule has 4 rings (SSSR count). The summed E-state index contributed by atoms with van der Waals surface area (Å²) >= 11 is 1.94. The third-order valence-electron chi connectivity index (χ3n) is 4.89. The van der Waals surface area contributed by atoms with E-state index >= 15 is 0 Å². The van der Waals surface area contributed by atoms with Gasteiger partial charge in [0.25, 0.3) is 0 Å². The highest BCUT2D eigenvalue weighted by molar-refractivity contribution is 7.15. The highest BCUT2D eigenvalue weighted by Gasteiger charge is 2.32. The highest BCUT2D eigenvalue weighted by atomic mass is 32.1. The molecular formula is C16H26N4S. The van der Waals surface area contributed by atoms with Gasteiger partial charge < -0.3 is 15.1 Å².